The van der Waals surface area contributed by atoms with Gasteiger partial charge in [0, 0.05) is 11.3 Å². The van der Waals surface area contributed by atoms with E-state index in [2.05, 4.69) is 0 Å². The van der Waals surface area contributed by atoms with E-state index in [0.29, 0.717) is 12.8 Å². The summed E-state index contributed by atoms with van der Waals surface area (Å²) < 4.78 is 22.3. The Balaban J connectivity index is 2.71. The molecule has 0 spiro atoms. The molecule has 1 aliphatic heterocycles. The number of nitrogens with zero attached hydrogens (tertiary/aromatic N) is 1. The molecule has 0 N–H and O–H groups in total. The highest BCUT2D eigenvalue weighted by atomic mass is 32.2. The van der Waals surface area contributed by atoms with Crippen LogP contribution in [0.15, 0.2) is 0 Å². The first-order chi connectivity index (χ1) is 6.27. The van der Waals surface area contributed by atoms with Gasteiger partial charge in [-0.05, 0) is 26.2 Å². The van der Waals surface area contributed by atoms with Crippen molar-refractivity contribution in [3.63, 3.8) is 0 Å². The van der Waals surface area contributed by atoms with Gasteiger partial charge in [-0.1, -0.05) is 0 Å². The molecule has 0 aromatic carbocycles. The van der Waals surface area contributed by atoms with E-state index in [1.54, 1.807) is 13.8 Å². The lowest BCUT2D eigenvalue weighted by Gasteiger charge is -2.24. The monoisotopic (exact) mass is 221 g/mol. The van der Waals surface area contributed by atoms with Crippen molar-refractivity contribution in [1.29, 1.82) is 0 Å². The summed E-state index contributed by atoms with van der Waals surface area (Å²) in [5, 5.41) is 10.2. The minimum absolute atomic E-state index is 0.0714. The molecule has 5 nitrogen and oxygen atoms in total. The first-order valence-corrected chi connectivity index (χ1v) is 6.26. The zero-order chi connectivity index (χ0) is 11.0. The summed E-state index contributed by atoms with van der Waals surface area (Å²) in [4.78, 5) is 9.80. The normalized spacial score (nSPS) is 28.9. The van der Waals surface area contributed by atoms with Gasteiger partial charge in [0.2, 0.25) is 6.54 Å². The quantitative estimate of drug-likeness (QED) is 0.523. The maximum absolute atomic E-state index is 11.6. The largest absolute Gasteiger partial charge is 0.265 e. The van der Waals surface area contributed by atoms with Gasteiger partial charge >= 0.3 is 0 Å². The van der Waals surface area contributed by atoms with E-state index in [0.717, 1.165) is 0 Å². The molecule has 1 rings (SSSR count). The predicted octanol–water partition coefficient (Wildman–Crippen LogP) is 0.867. The summed E-state index contributed by atoms with van der Waals surface area (Å²) in [5.41, 5.74) is 0. The molecule has 0 radical (unpaired) electrons. The van der Waals surface area contributed by atoms with Crippen molar-refractivity contribution in [3.05, 3.63) is 10.1 Å². The van der Waals surface area contributed by atoms with E-state index in [4.69, 9.17) is 0 Å². The molecule has 0 aromatic rings. The minimum atomic E-state index is -3.04. The molecule has 14 heavy (non-hydrogen) atoms. The zero-order valence-corrected chi connectivity index (χ0v) is 9.21. The van der Waals surface area contributed by atoms with Crippen LogP contribution in [-0.4, -0.2) is 30.4 Å². The molecule has 0 amide bonds. The number of hydrogen-bond donors (Lipinski definition) is 0. The Morgan fingerprint density at radius 3 is 2.43 bits per heavy atom. The Bertz CT molecular complexity index is 333. The van der Waals surface area contributed by atoms with Crippen LogP contribution in [0, 0.1) is 16.0 Å². The van der Waals surface area contributed by atoms with E-state index in [9.17, 15) is 18.5 Å². The number of rotatable bonds is 3. The highest BCUT2D eigenvalue weighted by Gasteiger charge is 2.47. The van der Waals surface area contributed by atoms with E-state index < -0.39 is 14.6 Å². The fraction of sp³-hybridized carbons (Fsp3) is 1.00. The summed E-state index contributed by atoms with van der Waals surface area (Å²) in [7, 11) is -3.04. The average Bonchev–Trinajstić information content (AvgIpc) is 2.20. The second-order valence-corrected chi connectivity index (χ2v) is 6.94. The van der Waals surface area contributed by atoms with Crippen LogP contribution < -0.4 is 0 Å². The molecule has 0 aliphatic carbocycles. The van der Waals surface area contributed by atoms with E-state index >= 15 is 0 Å². The smallest absolute Gasteiger partial charge is 0.204 e. The van der Waals surface area contributed by atoms with Gasteiger partial charge < -0.3 is 0 Å². The van der Waals surface area contributed by atoms with Crippen molar-refractivity contribution in [3.8, 4) is 0 Å². The Morgan fingerprint density at radius 2 is 2.07 bits per heavy atom. The average molecular weight is 221 g/mol. The SMILES string of the molecule is CC1(C)C(CC[N+](=O)[O-])CCS1(=O)=O. The van der Waals surface area contributed by atoms with Gasteiger partial charge in [-0.3, -0.25) is 10.1 Å². The van der Waals surface area contributed by atoms with Gasteiger partial charge in [0.15, 0.2) is 9.84 Å². The van der Waals surface area contributed by atoms with Crippen LogP contribution in [0.2, 0.25) is 0 Å². The Labute approximate surface area is 83.6 Å². The summed E-state index contributed by atoms with van der Waals surface area (Å²) in [6.07, 6.45) is 0.919. The Hall–Kier alpha value is -0.650. The van der Waals surface area contributed by atoms with Crippen LogP contribution in [0.3, 0.4) is 0 Å². The number of sulfone groups is 1. The highest BCUT2D eigenvalue weighted by molar-refractivity contribution is 7.93. The minimum Gasteiger partial charge on any atom is -0.265 e. The molecule has 1 saturated heterocycles. The molecule has 0 aromatic heterocycles. The zero-order valence-electron chi connectivity index (χ0n) is 8.39. The van der Waals surface area contributed by atoms with Crippen molar-refractivity contribution in [2.45, 2.75) is 31.4 Å². The summed E-state index contributed by atoms with van der Waals surface area (Å²) >= 11 is 0. The fourth-order valence-corrected chi connectivity index (χ4v) is 3.78. The van der Waals surface area contributed by atoms with Crippen LogP contribution in [0.5, 0.6) is 0 Å². The topological polar surface area (TPSA) is 77.3 Å². The molecule has 82 valence electrons. The molecular weight excluding hydrogens is 206 g/mol. The van der Waals surface area contributed by atoms with Gasteiger partial charge in [0.05, 0.1) is 10.5 Å². The van der Waals surface area contributed by atoms with Crippen molar-refractivity contribution in [1.82, 2.24) is 0 Å². The maximum atomic E-state index is 11.6. The lowest BCUT2D eigenvalue weighted by Crippen LogP contribution is -2.34. The molecule has 1 aliphatic rings. The number of nitro groups is 1. The van der Waals surface area contributed by atoms with Gasteiger partial charge in [0.1, 0.15) is 0 Å². The van der Waals surface area contributed by atoms with Crippen molar-refractivity contribution >= 4 is 9.84 Å². The first kappa shape index (κ1) is 11.4. The summed E-state index contributed by atoms with van der Waals surface area (Å²) in [6, 6.07) is 0. The third-order valence-corrected chi connectivity index (χ3v) is 5.89. The lowest BCUT2D eigenvalue weighted by atomic mass is 9.90. The molecule has 1 heterocycles. The third kappa shape index (κ3) is 1.89. The molecule has 1 unspecified atom stereocenters. The van der Waals surface area contributed by atoms with Crippen LogP contribution in [0.4, 0.5) is 0 Å². The first-order valence-electron chi connectivity index (χ1n) is 4.61. The second-order valence-electron chi connectivity index (χ2n) is 4.25. The molecule has 6 heteroatoms. The summed E-state index contributed by atoms with van der Waals surface area (Å²) in [6.45, 7) is 3.20. The van der Waals surface area contributed by atoms with E-state index in [-0.39, 0.29) is 23.1 Å². The summed E-state index contributed by atoms with van der Waals surface area (Å²) in [5.74, 6) is 0.0976. The van der Waals surface area contributed by atoms with E-state index in [1.165, 1.54) is 0 Å². The van der Waals surface area contributed by atoms with Crippen LogP contribution in [0.1, 0.15) is 26.7 Å². The van der Waals surface area contributed by atoms with Gasteiger partial charge in [-0.15, -0.1) is 0 Å². The van der Waals surface area contributed by atoms with Crippen molar-refractivity contribution < 1.29 is 13.3 Å². The standard InChI is InChI=1S/C8H15NO4S/c1-8(2)7(3-5-9(10)11)4-6-14(8,12)13/h7H,3-6H2,1-2H3. The third-order valence-electron chi connectivity index (χ3n) is 3.18. The van der Waals surface area contributed by atoms with Crippen LogP contribution >= 0.6 is 0 Å². The van der Waals surface area contributed by atoms with Crippen molar-refractivity contribution in [2.24, 2.45) is 5.92 Å². The van der Waals surface area contributed by atoms with Crippen molar-refractivity contribution in [2.75, 3.05) is 12.3 Å². The number of hydrogen-bond acceptors (Lipinski definition) is 4. The molecular formula is C8H15NO4S. The fourth-order valence-electron chi connectivity index (χ4n) is 1.92. The Morgan fingerprint density at radius 1 is 1.50 bits per heavy atom. The maximum Gasteiger partial charge on any atom is 0.204 e. The highest BCUT2D eigenvalue weighted by Crippen LogP contribution is 2.38. The molecule has 0 saturated carbocycles. The van der Waals surface area contributed by atoms with E-state index in [1.807, 2.05) is 0 Å². The molecule has 0 bridgehead atoms. The van der Waals surface area contributed by atoms with Crippen LogP contribution in [0.25, 0.3) is 0 Å². The lowest BCUT2D eigenvalue weighted by molar-refractivity contribution is -0.481. The van der Waals surface area contributed by atoms with Gasteiger partial charge in [0.25, 0.3) is 0 Å². The predicted molar refractivity (Wildman–Crippen MR) is 52.5 cm³/mol. The van der Waals surface area contributed by atoms with Gasteiger partial charge in [-0.25, -0.2) is 8.42 Å². The Kier molecular flexibility index (Phi) is 2.85. The van der Waals surface area contributed by atoms with Crippen LogP contribution in [-0.2, 0) is 9.84 Å². The molecule has 1 atom stereocenters. The second kappa shape index (κ2) is 3.49. The molecule has 1 fully saturated rings. The van der Waals surface area contributed by atoms with Gasteiger partial charge in [-0.2, -0.15) is 0 Å².